The van der Waals surface area contributed by atoms with E-state index < -0.39 is 33.4 Å². The normalized spacial score (nSPS) is 25.9. The quantitative estimate of drug-likeness (QED) is 0.222. The Kier molecular flexibility index (Phi) is 10.1. The number of carbonyl (C=O) groups excluding carboxylic acids is 3. The number of fused-ring (bicyclic) bond motifs is 2. The molecule has 6 atom stereocenters. The Morgan fingerprint density at radius 3 is 2.48 bits per heavy atom. The monoisotopic (exact) mass is 700 g/mol. The Hall–Kier alpha value is -4.16. The molecule has 3 aliphatic heterocycles. The van der Waals surface area contributed by atoms with Gasteiger partial charge in [0.2, 0.25) is 17.7 Å². The highest BCUT2D eigenvalue weighted by Crippen LogP contribution is 2.72. The van der Waals surface area contributed by atoms with Crippen molar-refractivity contribution < 1.29 is 24.2 Å². The number of ether oxygens (including phenoxy) is 1. The highest BCUT2D eigenvalue weighted by Gasteiger charge is 2.78. The molecule has 6 rings (SSSR count). The summed E-state index contributed by atoms with van der Waals surface area (Å²) < 4.78 is 5.87. The Morgan fingerprint density at radius 1 is 1.10 bits per heavy atom. The topological polar surface area (TPSA) is 121 Å². The fraction of sp³-hybridized carbons (Fsp3) is 0.500. The molecule has 2 bridgehead atoms. The highest BCUT2D eigenvalue weighted by atomic mass is 32.2. The maximum atomic E-state index is 15.1. The van der Waals surface area contributed by atoms with Crippen LogP contribution in [-0.4, -0.2) is 95.5 Å². The number of aromatic nitrogens is 3. The first-order chi connectivity index (χ1) is 24.0. The molecule has 0 radical (unpaired) electrons. The zero-order valence-electron chi connectivity index (χ0n) is 29.4. The summed E-state index contributed by atoms with van der Waals surface area (Å²) in [6.07, 6.45) is 5.14. The molecule has 3 aliphatic rings. The van der Waals surface area contributed by atoms with Gasteiger partial charge in [0.1, 0.15) is 24.0 Å². The van der Waals surface area contributed by atoms with Gasteiger partial charge >= 0.3 is 0 Å². The average Bonchev–Trinajstić information content (AvgIpc) is 3.81. The van der Waals surface area contributed by atoms with E-state index in [2.05, 4.69) is 30.4 Å². The van der Waals surface area contributed by atoms with E-state index in [-0.39, 0.29) is 50.0 Å². The molecular formula is C38H48N6O5S. The van der Waals surface area contributed by atoms with Crippen LogP contribution in [0.5, 0.6) is 5.75 Å². The number of carbonyl (C=O) groups is 3. The minimum atomic E-state index is -0.895. The van der Waals surface area contributed by atoms with Crippen LogP contribution in [0.4, 0.5) is 5.69 Å². The molecular weight excluding hydrogens is 653 g/mol. The first-order valence-electron chi connectivity index (χ1n) is 17.5. The number of nitrogens with zero attached hydrogens (tertiary/aromatic N) is 6. The second-order valence-electron chi connectivity index (χ2n) is 14.2. The summed E-state index contributed by atoms with van der Waals surface area (Å²) >= 11 is 1.62. The molecule has 0 aliphatic carbocycles. The number of rotatable bonds is 15. The SMILES string of the molecule is C=CCN(Cn1nnc2ccccc21)C(=O)C1N([C@@H](CO)CC(C)C)C(=O)[C@@H]2[C@H](C(=O)N(CC=C)c3ccc(OCC)cc3)[C@]3(C)CCC12S3. The van der Waals surface area contributed by atoms with Gasteiger partial charge in [-0.3, -0.25) is 14.4 Å². The Bertz CT molecular complexity index is 1760. The standard InChI is InChI=1S/C38H48N6O5S/c1-7-20-41(24-43-30-13-11-10-12-29(30)39-40-43)36(48)33-38-19-18-37(6,50-38)31(32(38)35(47)44(33)27(23-45)22-25(4)5)34(46)42(21-8-2)26-14-16-28(17-15-26)49-9-3/h7-8,10-17,25,27,31-33,45H,1-2,9,18-24H2,3-6H3/t27-,31-,32+,33?,37+,38?/m1/s1. The Labute approximate surface area is 298 Å². The number of aliphatic hydroxyl groups is 1. The predicted molar refractivity (Wildman–Crippen MR) is 196 cm³/mol. The number of benzene rings is 2. The maximum Gasteiger partial charge on any atom is 0.248 e. The summed E-state index contributed by atoms with van der Waals surface area (Å²) in [6.45, 7) is 16.7. The molecule has 3 amide bonds. The molecule has 1 N–H and O–H groups in total. The molecule has 3 saturated heterocycles. The van der Waals surface area contributed by atoms with E-state index in [1.54, 1.807) is 43.3 Å². The summed E-state index contributed by atoms with van der Waals surface area (Å²) in [5, 5.41) is 19.4. The van der Waals surface area contributed by atoms with Gasteiger partial charge in [0.25, 0.3) is 0 Å². The number of para-hydroxylation sites is 1. The molecule has 3 fully saturated rings. The van der Waals surface area contributed by atoms with Gasteiger partial charge < -0.3 is 24.5 Å². The molecule has 50 heavy (non-hydrogen) atoms. The summed E-state index contributed by atoms with van der Waals surface area (Å²) in [5.74, 6) is -1.24. The van der Waals surface area contributed by atoms with Crippen molar-refractivity contribution in [3.05, 3.63) is 73.8 Å². The highest BCUT2D eigenvalue weighted by molar-refractivity contribution is 8.02. The third-order valence-electron chi connectivity index (χ3n) is 10.5. The van der Waals surface area contributed by atoms with Crippen molar-refractivity contribution in [1.82, 2.24) is 24.8 Å². The molecule has 3 aromatic rings. The first kappa shape index (κ1) is 35.7. The fourth-order valence-corrected chi connectivity index (χ4v) is 10.8. The summed E-state index contributed by atoms with van der Waals surface area (Å²) in [6, 6.07) is 13.4. The van der Waals surface area contributed by atoms with Gasteiger partial charge in [-0.1, -0.05) is 43.3 Å². The molecule has 266 valence electrons. The Balaban J connectivity index is 1.42. The minimum Gasteiger partial charge on any atom is -0.494 e. The van der Waals surface area contributed by atoms with Crippen molar-refractivity contribution in [3.8, 4) is 5.75 Å². The molecule has 11 nitrogen and oxygen atoms in total. The van der Waals surface area contributed by atoms with Gasteiger partial charge in [-0.05, 0) is 75.4 Å². The summed E-state index contributed by atoms with van der Waals surface area (Å²) in [7, 11) is 0. The second-order valence-corrected chi connectivity index (χ2v) is 16.1. The van der Waals surface area contributed by atoms with Gasteiger partial charge in [-0.2, -0.15) is 0 Å². The maximum absolute atomic E-state index is 15.1. The first-order valence-corrected chi connectivity index (χ1v) is 18.3. The number of aliphatic hydroxyl groups excluding tert-OH is 1. The fourth-order valence-electron chi connectivity index (χ4n) is 8.47. The van der Waals surface area contributed by atoms with Gasteiger partial charge in [-0.15, -0.1) is 30.0 Å². The smallest absolute Gasteiger partial charge is 0.248 e. The third kappa shape index (κ3) is 6.00. The van der Waals surface area contributed by atoms with E-state index in [1.165, 1.54) is 0 Å². The molecule has 2 aromatic carbocycles. The van der Waals surface area contributed by atoms with Gasteiger partial charge in [-0.25, -0.2) is 4.68 Å². The van der Waals surface area contributed by atoms with Gasteiger partial charge in [0, 0.05) is 23.5 Å². The summed E-state index contributed by atoms with van der Waals surface area (Å²) in [5.41, 5.74) is 2.18. The van der Waals surface area contributed by atoms with Crippen LogP contribution in [0, 0.1) is 17.8 Å². The third-order valence-corrected chi connectivity index (χ3v) is 12.5. The zero-order valence-corrected chi connectivity index (χ0v) is 30.2. The van der Waals surface area contributed by atoms with Crippen molar-refractivity contribution in [2.45, 2.75) is 75.2 Å². The van der Waals surface area contributed by atoms with Crippen LogP contribution in [0.2, 0.25) is 0 Å². The van der Waals surface area contributed by atoms with Gasteiger partial charge in [0.15, 0.2) is 0 Å². The van der Waals surface area contributed by atoms with E-state index >= 15 is 9.59 Å². The van der Waals surface area contributed by atoms with E-state index in [4.69, 9.17) is 4.74 Å². The van der Waals surface area contributed by atoms with Crippen LogP contribution in [-0.2, 0) is 21.1 Å². The number of likely N-dealkylation sites (tertiary alicyclic amines) is 1. The average molecular weight is 701 g/mol. The molecule has 1 aromatic heterocycles. The molecule has 12 heteroatoms. The van der Waals surface area contributed by atoms with Crippen molar-refractivity contribution >= 4 is 46.2 Å². The lowest BCUT2D eigenvalue weighted by Gasteiger charge is -2.40. The van der Waals surface area contributed by atoms with Crippen molar-refractivity contribution in [1.29, 1.82) is 0 Å². The number of anilines is 1. The summed E-state index contributed by atoms with van der Waals surface area (Å²) in [4.78, 5) is 50.0. The number of hydrogen-bond donors (Lipinski definition) is 1. The van der Waals surface area contributed by atoms with Crippen molar-refractivity contribution in [2.24, 2.45) is 17.8 Å². The lowest BCUT2D eigenvalue weighted by Crippen LogP contribution is -2.57. The van der Waals surface area contributed by atoms with Crippen LogP contribution in [0.1, 0.15) is 47.0 Å². The lowest BCUT2D eigenvalue weighted by molar-refractivity contribution is -0.147. The van der Waals surface area contributed by atoms with E-state index in [0.29, 0.717) is 42.8 Å². The zero-order chi connectivity index (χ0) is 35.8. The van der Waals surface area contributed by atoms with E-state index in [0.717, 1.165) is 5.52 Å². The molecule has 4 heterocycles. The Morgan fingerprint density at radius 2 is 1.82 bits per heavy atom. The van der Waals surface area contributed by atoms with Crippen LogP contribution in [0.25, 0.3) is 11.0 Å². The molecule has 0 saturated carbocycles. The van der Waals surface area contributed by atoms with Crippen LogP contribution < -0.4 is 9.64 Å². The molecule has 1 spiro atoms. The van der Waals surface area contributed by atoms with E-state index in [9.17, 15) is 9.90 Å². The van der Waals surface area contributed by atoms with Crippen molar-refractivity contribution in [3.63, 3.8) is 0 Å². The largest absolute Gasteiger partial charge is 0.494 e. The lowest BCUT2D eigenvalue weighted by atomic mass is 9.66. The van der Waals surface area contributed by atoms with E-state index in [1.807, 2.05) is 69.3 Å². The number of hydrogen-bond acceptors (Lipinski definition) is 8. The number of thioether (sulfide) groups is 1. The predicted octanol–water partition coefficient (Wildman–Crippen LogP) is 4.91. The van der Waals surface area contributed by atoms with Gasteiger partial charge in [0.05, 0.1) is 41.4 Å². The van der Waals surface area contributed by atoms with Crippen LogP contribution in [0.3, 0.4) is 0 Å². The number of amides is 3. The van der Waals surface area contributed by atoms with Crippen LogP contribution >= 0.6 is 11.8 Å². The minimum absolute atomic E-state index is 0.105. The van der Waals surface area contributed by atoms with Crippen LogP contribution in [0.15, 0.2) is 73.8 Å². The molecule has 2 unspecified atom stereocenters. The second kappa shape index (κ2) is 14.2. The van der Waals surface area contributed by atoms with Crippen molar-refractivity contribution in [2.75, 3.05) is 31.2 Å².